The molecule has 0 amide bonds. The molecule has 1 atom stereocenters. The van der Waals surface area contributed by atoms with Crippen molar-refractivity contribution in [1.82, 2.24) is 4.72 Å². The molecule has 1 aromatic rings. The summed E-state index contributed by atoms with van der Waals surface area (Å²) in [5.74, 6) is -1.17. The second-order valence-corrected chi connectivity index (χ2v) is 7.09. The van der Waals surface area contributed by atoms with Gasteiger partial charge in [0.2, 0.25) is 15.8 Å². The van der Waals surface area contributed by atoms with Crippen LogP contribution >= 0.6 is 11.8 Å². The summed E-state index contributed by atoms with van der Waals surface area (Å²) in [6.07, 6.45) is 2.47. The summed E-state index contributed by atoms with van der Waals surface area (Å²) in [4.78, 5) is 9.10. The summed E-state index contributed by atoms with van der Waals surface area (Å²) in [6, 6.07) is 3.00. The van der Waals surface area contributed by atoms with Crippen LogP contribution in [0.2, 0.25) is 0 Å². The molecular formula is C11H15FN2O4S2. The molecule has 0 aliphatic heterocycles. The maximum absolute atomic E-state index is 13.4. The molecular weight excluding hydrogens is 307 g/mol. The van der Waals surface area contributed by atoms with Crippen LogP contribution in [0.4, 0.5) is 10.1 Å². The number of thioether (sulfide) groups is 1. The Morgan fingerprint density at radius 2 is 2.15 bits per heavy atom. The number of sulfonamides is 1. The summed E-state index contributed by atoms with van der Waals surface area (Å²) in [5.41, 5.74) is -1.03. The average molecular weight is 322 g/mol. The highest BCUT2D eigenvalue weighted by molar-refractivity contribution is 7.99. The Balaban J connectivity index is 2.99. The van der Waals surface area contributed by atoms with Crippen LogP contribution in [-0.4, -0.2) is 31.4 Å². The normalized spacial score (nSPS) is 13.2. The van der Waals surface area contributed by atoms with Crippen molar-refractivity contribution < 1.29 is 17.7 Å². The van der Waals surface area contributed by atoms with Crippen LogP contribution in [0.25, 0.3) is 0 Å². The lowest BCUT2D eigenvalue weighted by atomic mass is 10.3. The Kier molecular flexibility index (Phi) is 5.90. The van der Waals surface area contributed by atoms with Crippen LogP contribution in [0.5, 0.6) is 0 Å². The zero-order valence-corrected chi connectivity index (χ0v) is 12.6. The summed E-state index contributed by atoms with van der Waals surface area (Å²) < 4.78 is 39.6. The molecule has 0 aliphatic carbocycles. The van der Waals surface area contributed by atoms with Crippen LogP contribution < -0.4 is 4.72 Å². The Morgan fingerprint density at radius 1 is 1.50 bits per heavy atom. The molecule has 1 aromatic carbocycles. The average Bonchev–Trinajstić information content (AvgIpc) is 2.37. The molecule has 6 nitrogen and oxygen atoms in total. The number of hydrogen-bond acceptors (Lipinski definition) is 5. The number of nitro benzene ring substituents is 1. The molecule has 0 heterocycles. The van der Waals surface area contributed by atoms with Gasteiger partial charge in [-0.3, -0.25) is 10.1 Å². The Morgan fingerprint density at radius 3 is 2.70 bits per heavy atom. The van der Waals surface area contributed by atoms with Crippen LogP contribution in [0.15, 0.2) is 23.1 Å². The van der Waals surface area contributed by atoms with E-state index >= 15 is 0 Å². The van der Waals surface area contributed by atoms with Gasteiger partial charge in [0.15, 0.2) is 4.90 Å². The molecule has 0 aliphatic rings. The molecule has 0 saturated heterocycles. The minimum absolute atomic E-state index is 0.137. The van der Waals surface area contributed by atoms with Crippen LogP contribution in [0, 0.1) is 15.9 Å². The molecule has 0 fully saturated rings. The van der Waals surface area contributed by atoms with Gasteiger partial charge in [-0.15, -0.1) is 0 Å². The van der Waals surface area contributed by atoms with Crippen molar-refractivity contribution in [3.05, 3.63) is 34.1 Å². The summed E-state index contributed by atoms with van der Waals surface area (Å²) in [5, 5.41) is 11.0. The zero-order valence-electron chi connectivity index (χ0n) is 11.0. The topological polar surface area (TPSA) is 89.3 Å². The maximum Gasteiger partial charge on any atom is 0.324 e. The first kappa shape index (κ1) is 16.9. The molecule has 20 heavy (non-hydrogen) atoms. The number of halogens is 1. The van der Waals surface area contributed by atoms with Gasteiger partial charge in [0.25, 0.3) is 0 Å². The number of rotatable bonds is 7. The molecule has 0 bridgehead atoms. The Bertz CT molecular complexity index is 592. The van der Waals surface area contributed by atoms with Gasteiger partial charge in [0.05, 0.1) is 4.92 Å². The first-order valence-corrected chi connectivity index (χ1v) is 8.52. The second-order valence-electron chi connectivity index (χ2n) is 4.08. The molecule has 1 N–H and O–H groups in total. The molecule has 112 valence electrons. The highest BCUT2D eigenvalue weighted by Gasteiger charge is 2.29. The third-order valence-electron chi connectivity index (χ3n) is 2.67. The van der Waals surface area contributed by atoms with E-state index in [-0.39, 0.29) is 11.8 Å². The van der Waals surface area contributed by atoms with Crippen molar-refractivity contribution in [2.75, 3.05) is 12.8 Å². The fourth-order valence-electron chi connectivity index (χ4n) is 1.48. The van der Waals surface area contributed by atoms with Gasteiger partial charge < -0.3 is 0 Å². The van der Waals surface area contributed by atoms with E-state index in [1.54, 1.807) is 11.8 Å². The summed E-state index contributed by atoms with van der Waals surface area (Å²) in [6.45, 7) is 2.07. The highest BCUT2D eigenvalue weighted by Crippen LogP contribution is 2.26. The second kappa shape index (κ2) is 7.00. The van der Waals surface area contributed by atoms with Gasteiger partial charge >= 0.3 is 5.69 Å². The van der Waals surface area contributed by atoms with Crippen LogP contribution in [0.1, 0.15) is 13.3 Å². The predicted octanol–water partition coefficient (Wildman–Crippen LogP) is 2.15. The van der Waals surface area contributed by atoms with E-state index < -0.39 is 31.3 Å². The SMILES string of the molecule is CSC(C)CCNS(=O)(=O)c1cccc(F)c1[N+](=O)[O-]. The van der Waals surface area contributed by atoms with Crippen molar-refractivity contribution in [3.8, 4) is 0 Å². The first-order chi connectivity index (χ1) is 9.29. The maximum atomic E-state index is 13.4. The number of hydrogen-bond donors (Lipinski definition) is 1. The molecule has 0 saturated carbocycles. The molecule has 1 unspecified atom stereocenters. The van der Waals surface area contributed by atoms with Crippen molar-refractivity contribution >= 4 is 27.5 Å². The van der Waals surface area contributed by atoms with Crippen molar-refractivity contribution in [1.29, 1.82) is 0 Å². The van der Waals surface area contributed by atoms with Gasteiger partial charge in [0.1, 0.15) is 0 Å². The number of nitrogens with one attached hydrogen (secondary N) is 1. The van der Waals surface area contributed by atoms with Gasteiger partial charge in [0, 0.05) is 11.8 Å². The molecule has 9 heteroatoms. The molecule has 0 radical (unpaired) electrons. The minimum atomic E-state index is -4.10. The highest BCUT2D eigenvalue weighted by atomic mass is 32.2. The van der Waals surface area contributed by atoms with Crippen LogP contribution in [-0.2, 0) is 10.0 Å². The van der Waals surface area contributed by atoms with Gasteiger partial charge in [-0.05, 0) is 24.8 Å². The molecule has 0 aromatic heterocycles. The number of para-hydroxylation sites is 1. The lowest BCUT2D eigenvalue weighted by Gasteiger charge is -2.10. The summed E-state index contributed by atoms with van der Waals surface area (Å²) in [7, 11) is -4.10. The van der Waals surface area contributed by atoms with Crippen molar-refractivity contribution in [3.63, 3.8) is 0 Å². The monoisotopic (exact) mass is 322 g/mol. The van der Waals surface area contributed by atoms with E-state index in [1.807, 2.05) is 13.2 Å². The predicted molar refractivity (Wildman–Crippen MR) is 75.8 cm³/mol. The largest absolute Gasteiger partial charge is 0.324 e. The van der Waals surface area contributed by atoms with Crippen molar-refractivity contribution in [2.45, 2.75) is 23.5 Å². The van der Waals surface area contributed by atoms with E-state index in [1.165, 1.54) is 0 Å². The minimum Gasteiger partial charge on any atom is -0.258 e. The Hall–Kier alpha value is -1.19. The lowest BCUT2D eigenvalue weighted by Crippen LogP contribution is -2.27. The van der Waals surface area contributed by atoms with E-state index in [0.717, 1.165) is 18.2 Å². The molecule has 0 spiro atoms. The zero-order chi connectivity index (χ0) is 15.3. The quantitative estimate of drug-likeness (QED) is 0.614. The van der Waals surface area contributed by atoms with Gasteiger partial charge in [-0.2, -0.15) is 16.2 Å². The molecule has 1 rings (SSSR count). The van der Waals surface area contributed by atoms with E-state index in [0.29, 0.717) is 6.42 Å². The summed E-state index contributed by atoms with van der Waals surface area (Å²) >= 11 is 1.58. The lowest BCUT2D eigenvalue weighted by molar-refractivity contribution is -0.390. The fourth-order valence-corrected chi connectivity index (χ4v) is 3.06. The van der Waals surface area contributed by atoms with E-state index in [2.05, 4.69) is 4.72 Å². The number of nitrogens with zero attached hydrogens (tertiary/aromatic N) is 1. The number of nitro groups is 1. The van der Waals surface area contributed by atoms with Crippen LogP contribution in [0.3, 0.4) is 0 Å². The van der Waals surface area contributed by atoms with E-state index in [9.17, 15) is 22.9 Å². The first-order valence-electron chi connectivity index (χ1n) is 5.75. The smallest absolute Gasteiger partial charge is 0.258 e. The third-order valence-corrected chi connectivity index (χ3v) is 5.20. The van der Waals surface area contributed by atoms with Gasteiger partial charge in [-0.1, -0.05) is 13.0 Å². The van der Waals surface area contributed by atoms with Gasteiger partial charge in [-0.25, -0.2) is 13.1 Å². The number of benzene rings is 1. The Labute approximate surface area is 121 Å². The standard InChI is InChI=1S/C11H15FN2O4S2/c1-8(19-2)6-7-13-20(17,18)10-5-3-4-9(12)11(10)14(15)16/h3-5,8,13H,6-7H2,1-2H3. The third kappa shape index (κ3) is 4.15. The fraction of sp³-hybridized carbons (Fsp3) is 0.455. The van der Waals surface area contributed by atoms with E-state index in [4.69, 9.17) is 0 Å². The van der Waals surface area contributed by atoms with Crippen molar-refractivity contribution in [2.24, 2.45) is 0 Å².